The van der Waals surface area contributed by atoms with Crippen molar-refractivity contribution in [1.82, 2.24) is 5.32 Å². The lowest BCUT2D eigenvalue weighted by Crippen LogP contribution is -2.24. The van der Waals surface area contributed by atoms with E-state index < -0.39 is 0 Å². The first kappa shape index (κ1) is 7.41. The standard InChI is InChI=1S/C11H13N/c1-2-5-9-8-12-11-7-4-3-6-10(9)11/h2-8,10-12H,1H3/b5-2+. The summed E-state index contributed by atoms with van der Waals surface area (Å²) >= 11 is 0. The molecule has 0 amide bonds. The molecule has 2 unspecified atom stereocenters. The molecule has 1 heterocycles. The van der Waals surface area contributed by atoms with Crippen molar-refractivity contribution in [2.45, 2.75) is 13.0 Å². The van der Waals surface area contributed by atoms with Gasteiger partial charge in [-0.25, -0.2) is 0 Å². The molecule has 0 fully saturated rings. The summed E-state index contributed by atoms with van der Waals surface area (Å²) < 4.78 is 0. The molecule has 0 spiro atoms. The van der Waals surface area contributed by atoms with Crippen molar-refractivity contribution in [3.05, 3.63) is 48.2 Å². The lowest BCUT2D eigenvalue weighted by atomic mass is 9.91. The van der Waals surface area contributed by atoms with E-state index in [0.717, 1.165) is 0 Å². The first-order valence-corrected chi connectivity index (χ1v) is 4.35. The van der Waals surface area contributed by atoms with Gasteiger partial charge in [0.25, 0.3) is 0 Å². The topological polar surface area (TPSA) is 12.0 Å². The molecule has 0 radical (unpaired) electrons. The highest BCUT2D eigenvalue weighted by molar-refractivity contribution is 5.36. The van der Waals surface area contributed by atoms with E-state index in [1.54, 1.807) is 0 Å². The molecule has 62 valence electrons. The van der Waals surface area contributed by atoms with Gasteiger partial charge in [0.2, 0.25) is 0 Å². The predicted octanol–water partition coefficient (Wildman–Crippen LogP) is 2.16. The number of allylic oxidation sites excluding steroid dienone is 4. The van der Waals surface area contributed by atoms with Crippen LogP contribution >= 0.6 is 0 Å². The Hall–Kier alpha value is -1.24. The summed E-state index contributed by atoms with van der Waals surface area (Å²) in [7, 11) is 0. The number of hydrogen-bond donors (Lipinski definition) is 1. The number of rotatable bonds is 1. The fourth-order valence-electron chi connectivity index (χ4n) is 1.73. The smallest absolute Gasteiger partial charge is 0.0546 e. The van der Waals surface area contributed by atoms with Gasteiger partial charge in [0.05, 0.1) is 6.04 Å². The maximum Gasteiger partial charge on any atom is 0.0546 e. The maximum atomic E-state index is 3.34. The second kappa shape index (κ2) is 3.02. The Bertz CT molecular complexity index is 281. The minimum Gasteiger partial charge on any atom is -0.384 e. The van der Waals surface area contributed by atoms with E-state index >= 15 is 0 Å². The molecule has 1 aliphatic heterocycles. The monoisotopic (exact) mass is 159 g/mol. The van der Waals surface area contributed by atoms with E-state index in [-0.39, 0.29) is 0 Å². The highest BCUT2D eigenvalue weighted by Gasteiger charge is 2.24. The summed E-state index contributed by atoms with van der Waals surface area (Å²) in [6.07, 6.45) is 15.0. The second-order valence-corrected chi connectivity index (χ2v) is 3.13. The molecule has 0 saturated carbocycles. The van der Waals surface area contributed by atoms with Crippen molar-refractivity contribution >= 4 is 0 Å². The van der Waals surface area contributed by atoms with Crippen LogP contribution in [-0.2, 0) is 0 Å². The van der Waals surface area contributed by atoms with Crippen LogP contribution in [0.1, 0.15) is 6.92 Å². The molecule has 0 bridgehead atoms. The van der Waals surface area contributed by atoms with Crippen molar-refractivity contribution in [2.75, 3.05) is 0 Å². The molecule has 1 N–H and O–H groups in total. The van der Waals surface area contributed by atoms with Gasteiger partial charge in [-0.2, -0.15) is 0 Å². The third-order valence-electron chi connectivity index (χ3n) is 2.32. The van der Waals surface area contributed by atoms with E-state index in [2.05, 4.69) is 54.9 Å². The lowest BCUT2D eigenvalue weighted by molar-refractivity contribution is 0.639. The van der Waals surface area contributed by atoms with Crippen molar-refractivity contribution in [3.63, 3.8) is 0 Å². The van der Waals surface area contributed by atoms with E-state index in [1.165, 1.54) is 5.57 Å². The molecule has 2 rings (SSSR count). The number of fused-ring (bicyclic) bond motifs is 1. The van der Waals surface area contributed by atoms with Gasteiger partial charge in [-0.15, -0.1) is 0 Å². The Morgan fingerprint density at radius 1 is 1.33 bits per heavy atom. The normalized spacial score (nSPS) is 31.9. The van der Waals surface area contributed by atoms with E-state index in [4.69, 9.17) is 0 Å². The summed E-state index contributed by atoms with van der Waals surface area (Å²) in [5.41, 5.74) is 1.38. The third kappa shape index (κ3) is 1.11. The maximum absolute atomic E-state index is 3.34. The molecule has 1 heteroatoms. The summed E-state index contributed by atoms with van der Waals surface area (Å²) in [4.78, 5) is 0. The number of hydrogen-bond acceptors (Lipinski definition) is 1. The second-order valence-electron chi connectivity index (χ2n) is 3.13. The molecule has 2 atom stereocenters. The first-order valence-electron chi connectivity index (χ1n) is 4.35. The van der Waals surface area contributed by atoms with Gasteiger partial charge in [0, 0.05) is 12.1 Å². The van der Waals surface area contributed by atoms with Gasteiger partial charge in [-0.1, -0.05) is 36.5 Å². The van der Waals surface area contributed by atoms with Crippen molar-refractivity contribution in [3.8, 4) is 0 Å². The van der Waals surface area contributed by atoms with E-state index in [0.29, 0.717) is 12.0 Å². The molecule has 0 saturated heterocycles. The lowest BCUT2D eigenvalue weighted by Gasteiger charge is -2.17. The van der Waals surface area contributed by atoms with E-state index in [9.17, 15) is 0 Å². The number of nitrogens with one attached hydrogen (secondary N) is 1. The largest absolute Gasteiger partial charge is 0.384 e. The van der Waals surface area contributed by atoms with Crippen LogP contribution in [-0.4, -0.2) is 6.04 Å². The Morgan fingerprint density at radius 3 is 3.00 bits per heavy atom. The van der Waals surface area contributed by atoms with Crippen LogP contribution in [0, 0.1) is 5.92 Å². The van der Waals surface area contributed by atoms with Crippen molar-refractivity contribution in [2.24, 2.45) is 5.92 Å². The van der Waals surface area contributed by atoms with Gasteiger partial charge in [0.15, 0.2) is 0 Å². The van der Waals surface area contributed by atoms with Gasteiger partial charge in [-0.3, -0.25) is 0 Å². The molecule has 12 heavy (non-hydrogen) atoms. The van der Waals surface area contributed by atoms with Gasteiger partial charge < -0.3 is 5.32 Å². The summed E-state index contributed by atoms with van der Waals surface area (Å²) in [6.45, 7) is 2.05. The summed E-state index contributed by atoms with van der Waals surface area (Å²) in [6, 6.07) is 0.487. The van der Waals surface area contributed by atoms with Crippen LogP contribution in [0.4, 0.5) is 0 Å². The van der Waals surface area contributed by atoms with Crippen LogP contribution < -0.4 is 5.32 Å². The van der Waals surface area contributed by atoms with Crippen LogP contribution in [0.2, 0.25) is 0 Å². The Labute approximate surface area is 73.2 Å². The van der Waals surface area contributed by atoms with Gasteiger partial charge >= 0.3 is 0 Å². The average molecular weight is 159 g/mol. The van der Waals surface area contributed by atoms with Crippen molar-refractivity contribution in [1.29, 1.82) is 0 Å². The average Bonchev–Trinajstić information content (AvgIpc) is 2.50. The summed E-state index contributed by atoms with van der Waals surface area (Å²) in [5.74, 6) is 0.547. The predicted molar refractivity (Wildman–Crippen MR) is 51.6 cm³/mol. The molecule has 1 aliphatic carbocycles. The van der Waals surface area contributed by atoms with Crippen molar-refractivity contribution < 1.29 is 0 Å². The zero-order chi connectivity index (χ0) is 8.39. The van der Waals surface area contributed by atoms with Crippen LogP contribution in [0.15, 0.2) is 48.2 Å². The van der Waals surface area contributed by atoms with Crippen LogP contribution in [0.25, 0.3) is 0 Å². The molecule has 1 nitrogen and oxygen atoms in total. The molecule has 0 aromatic carbocycles. The SMILES string of the molecule is C/C=C/C1=CNC2C=CC=CC12. The zero-order valence-corrected chi connectivity index (χ0v) is 7.20. The molecule has 0 aromatic heterocycles. The van der Waals surface area contributed by atoms with Gasteiger partial charge in [-0.05, 0) is 12.5 Å². The third-order valence-corrected chi connectivity index (χ3v) is 2.32. The highest BCUT2D eigenvalue weighted by Crippen LogP contribution is 2.26. The first-order chi connectivity index (χ1) is 5.92. The molecule has 0 aromatic rings. The fourth-order valence-corrected chi connectivity index (χ4v) is 1.73. The minimum absolute atomic E-state index is 0.487. The van der Waals surface area contributed by atoms with Gasteiger partial charge in [0.1, 0.15) is 0 Å². The quantitative estimate of drug-likeness (QED) is 0.618. The summed E-state index contributed by atoms with van der Waals surface area (Å²) in [5, 5.41) is 3.34. The highest BCUT2D eigenvalue weighted by atomic mass is 14.9. The fraction of sp³-hybridized carbons (Fsp3) is 0.273. The molecular weight excluding hydrogens is 146 g/mol. The Morgan fingerprint density at radius 2 is 2.17 bits per heavy atom. The van der Waals surface area contributed by atoms with Crippen LogP contribution in [0.5, 0.6) is 0 Å². The minimum atomic E-state index is 0.487. The zero-order valence-electron chi connectivity index (χ0n) is 7.20. The molecular formula is C11H13N. The molecule has 2 aliphatic rings. The Balaban J connectivity index is 2.20. The van der Waals surface area contributed by atoms with E-state index in [1.807, 2.05) is 0 Å². The Kier molecular flexibility index (Phi) is 1.86. The van der Waals surface area contributed by atoms with Crippen LogP contribution in [0.3, 0.4) is 0 Å².